The van der Waals surface area contributed by atoms with Gasteiger partial charge in [-0.15, -0.1) is 0 Å². The third kappa shape index (κ3) is 2.46. The monoisotopic (exact) mass is 317 g/mol. The Labute approximate surface area is 128 Å². The molecule has 3 rings (SSSR count). The van der Waals surface area contributed by atoms with Gasteiger partial charge in [-0.3, -0.25) is 9.10 Å². The summed E-state index contributed by atoms with van der Waals surface area (Å²) in [5, 5.41) is 9.04. The van der Waals surface area contributed by atoms with E-state index >= 15 is 0 Å². The molecule has 1 aliphatic rings. The van der Waals surface area contributed by atoms with Gasteiger partial charge in [-0.25, -0.2) is 8.42 Å². The highest BCUT2D eigenvalue weighted by Crippen LogP contribution is 2.40. The summed E-state index contributed by atoms with van der Waals surface area (Å²) in [4.78, 5) is 11.2. The second-order valence-corrected chi connectivity index (χ2v) is 7.07. The van der Waals surface area contributed by atoms with E-state index in [2.05, 4.69) is 0 Å². The first-order valence-electron chi connectivity index (χ1n) is 6.88. The number of carboxylic acids is 1. The van der Waals surface area contributed by atoms with Crippen LogP contribution >= 0.6 is 0 Å². The summed E-state index contributed by atoms with van der Waals surface area (Å²) in [6.45, 7) is 0.156. The van der Waals surface area contributed by atoms with Gasteiger partial charge in [0.1, 0.15) is 0 Å². The molecule has 0 bridgehead atoms. The zero-order chi connectivity index (χ0) is 15.7. The fourth-order valence-corrected chi connectivity index (χ4v) is 4.35. The summed E-state index contributed by atoms with van der Waals surface area (Å²) in [6, 6.07) is 15.3. The number of hydrogen-bond acceptors (Lipinski definition) is 3. The molecule has 0 radical (unpaired) electrons. The number of para-hydroxylation sites is 1. The molecule has 2 aromatic rings. The smallest absolute Gasteiger partial charge is 0.304 e. The average Bonchev–Trinajstić information content (AvgIpc) is 2.87. The number of fused-ring (bicyclic) bond motifs is 1. The molecule has 5 nitrogen and oxygen atoms in total. The van der Waals surface area contributed by atoms with Crippen LogP contribution in [0.3, 0.4) is 0 Å². The number of anilines is 1. The number of carboxylic acid groups (broad SMARTS) is 1. The Morgan fingerprint density at radius 2 is 1.73 bits per heavy atom. The highest BCUT2D eigenvalue weighted by Gasteiger charge is 2.37. The van der Waals surface area contributed by atoms with Crippen molar-refractivity contribution in [1.82, 2.24) is 0 Å². The summed E-state index contributed by atoms with van der Waals surface area (Å²) in [5.41, 5.74) is 1.34. The van der Waals surface area contributed by atoms with E-state index in [-0.39, 0.29) is 23.8 Å². The van der Waals surface area contributed by atoms with Gasteiger partial charge in [-0.2, -0.15) is 0 Å². The molecular weight excluding hydrogens is 302 g/mol. The Bertz CT molecular complexity index is 802. The highest BCUT2D eigenvalue weighted by atomic mass is 32.2. The Balaban J connectivity index is 2.04. The van der Waals surface area contributed by atoms with Crippen molar-refractivity contribution in [3.05, 3.63) is 60.2 Å². The van der Waals surface area contributed by atoms with E-state index in [1.54, 1.807) is 54.6 Å². The largest absolute Gasteiger partial charge is 0.481 e. The maximum absolute atomic E-state index is 12.8. The molecule has 1 N–H and O–H groups in total. The molecule has 6 heteroatoms. The zero-order valence-corrected chi connectivity index (χ0v) is 12.5. The second kappa shape index (κ2) is 5.46. The number of sulfonamides is 1. The van der Waals surface area contributed by atoms with Gasteiger partial charge in [0.15, 0.2) is 0 Å². The molecule has 0 saturated carbocycles. The molecule has 1 unspecified atom stereocenters. The van der Waals surface area contributed by atoms with Crippen LogP contribution in [0.1, 0.15) is 17.9 Å². The molecule has 0 saturated heterocycles. The van der Waals surface area contributed by atoms with E-state index in [1.165, 1.54) is 4.31 Å². The average molecular weight is 317 g/mol. The third-order valence-corrected chi connectivity index (χ3v) is 5.58. The van der Waals surface area contributed by atoms with Gasteiger partial charge in [0.05, 0.1) is 17.0 Å². The lowest BCUT2D eigenvalue weighted by Crippen LogP contribution is -2.30. The van der Waals surface area contributed by atoms with Crippen LogP contribution in [0.25, 0.3) is 0 Å². The Morgan fingerprint density at radius 1 is 1.09 bits per heavy atom. The van der Waals surface area contributed by atoms with Crippen LogP contribution in [0.5, 0.6) is 0 Å². The van der Waals surface area contributed by atoms with Crippen LogP contribution in [0, 0.1) is 0 Å². The van der Waals surface area contributed by atoms with Crippen molar-refractivity contribution >= 4 is 21.7 Å². The lowest BCUT2D eigenvalue weighted by Gasteiger charge is -2.20. The number of carbonyl (C=O) groups is 1. The van der Waals surface area contributed by atoms with Crippen molar-refractivity contribution in [3.63, 3.8) is 0 Å². The van der Waals surface area contributed by atoms with Crippen LogP contribution in [0.2, 0.25) is 0 Å². The molecular formula is C16H15NO4S. The van der Waals surface area contributed by atoms with E-state index < -0.39 is 16.0 Å². The van der Waals surface area contributed by atoms with Crippen molar-refractivity contribution < 1.29 is 18.3 Å². The molecule has 0 aliphatic carbocycles. The summed E-state index contributed by atoms with van der Waals surface area (Å²) in [6.07, 6.45) is -0.0855. The highest BCUT2D eigenvalue weighted by molar-refractivity contribution is 7.92. The zero-order valence-electron chi connectivity index (χ0n) is 11.7. The fraction of sp³-hybridized carbons (Fsp3) is 0.188. The summed E-state index contributed by atoms with van der Waals surface area (Å²) in [5.74, 6) is -1.26. The van der Waals surface area contributed by atoms with Gasteiger partial charge in [0, 0.05) is 12.5 Å². The van der Waals surface area contributed by atoms with Crippen LogP contribution < -0.4 is 4.31 Å². The maximum Gasteiger partial charge on any atom is 0.304 e. The molecule has 22 heavy (non-hydrogen) atoms. The number of rotatable bonds is 4. The van der Waals surface area contributed by atoms with Gasteiger partial charge >= 0.3 is 5.97 Å². The predicted molar refractivity (Wildman–Crippen MR) is 82.4 cm³/mol. The quantitative estimate of drug-likeness (QED) is 0.940. The van der Waals surface area contributed by atoms with E-state index in [4.69, 9.17) is 5.11 Å². The number of nitrogens with zero attached hydrogens (tertiary/aromatic N) is 1. The summed E-state index contributed by atoms with van der Waals surface area (Å²) >= 11 is 0. The van der Waals surface area contributed by atoms with Gasteiger partial charge in [-0.1, -0.05) is 36.4 Å². The Morgan fingerprint density at radius 3 is 2.41 bits per heavy atom. The van der Waals surface area contributed by atoms with E-state index in [0.717, 1.165) is 5.56 Å². The predicted octanol–water partition coefficient (Wildman–Crippen LogP) is 2.45. The molecule has 2 aromatic carbocycles. The van der Waals surface area contributed by atoms with Gasteiger partial charge < -0.3 is 5.11 Å². The molecule has 0 spiro atoms. The molecule has 0 aromatic heterocycles. The van der Waals surface area contributed by atoms with Crippen molar-refractivity contribution in [2.45, 2.75) is 17.2 Å². The number of benzene rings is 2. The van der Waals surface area contributed by atoms with Gasteiger partial charge in [-0.05, 0) is 23.8 Å². The lowest BCUT2D eigenvalue weighted by molar-refractivity contribution is -0.137. The summed E-state index contributed by atoms with van der Waals surface area (Å²) in [7, 11) is -3.68. The normalized spacial score (nSPS) is 17.3. The van der Waals surface area contributed by atoms with Crippen molar-refractivity contribution in [3.8, 4) is 0 Å². The topological polar surface area (TPSA) is 74.7 Å². The molecule has 1 heterocycles. The molecule has 1 aliphatic heterocycles. The minimum Gasteiger partial charge on any atom is -0.481 e. The van der Waals surface area contributed by atoms with Crippen LogP contribution in [0.15, 0.2) is 59.5 Å². The minimum absolute atomic E-state index is 0.0855. The molecule has 1 atom stereocenters. The van der Waals surface area contributed by atoms with Gasteiger partial charge in [0.2, 0.25) is 0 Å². The van der Waals surface area contributed by atoms with Crippen molar-refractivity contribution in [2.75, 3.05) is 10.8 Å². The van der Waals surface area contributed by atoms with Gasteiger partial charge in [0.25, 0.3) is 10.0 Å². The first-order chi connectivity index (χ1) is 10.5. The third-order valence-electron chi connectivity index (χ3n) is 3.78. The van der Waals surface area contributed by atoms with Crippen LogP contribution in [-0.2, 0) is 14.8 Å². The minimum atomic E-state index is -3.68. The van der Waals surface area contributed by atoms with Crippen molar-refractivity contribution in [2.24, 2.45) is 0 Å². The van der Waals surface area contributed by atoms with E-state index in [9.17, 15) is 13.2 Å². The number of hydrogen-bond donors (Lipinski definition) is 1. The molecule has 0 amide bonds. The number of aliphatic carboxylic acids is 1. The molecule has 114 valence electrons. The first kappa shape index (κ1) is 14.6. The molecule has 0 fully saturated rings. The maximum atomic E-state index is 12.8. The SMILES string of the molecule is O=C(O)CC1CN(S(=O)(=O)c2ccccc2)c2ccccc21. The van der Waals surface area contributed by atoms with E-state index in [0.29, 0.717) is 5.69 Å². The fourth-order valence-electron chi connectivity index (χ4n) is 2.79. The van der Waals surface area contributed by atoms with Crippen LogP contribution in [-0.4, -0.2) is 26.0 Å². The lowest BCUT2D eigenvalue weighted by atomic mass is 9.98. The summed E-state index contributed by atoms with van der Waals surface area (Å²) < 4.78 is 26.9. The Kier molecular flexibility index (Phi) is 3.62. The van der Waals surface area contributed by atoms with Crippen molar-refractivity contribution in [1.29, 1.82) is 0 Å². The Hall–Kier alpha value is -2.34. The second-order valence-electron chi connectivity index (χ2n) is 5.20. The van der Waals surface area contributed by atoms with Crippen LogP contribution in [0.4, 0.5) is 5.69 Å². The standard InChI is InChI=1S/C16H15NO4S/c18-16(19)10-12-11-17(15-9-5-4-8-14(12)15)22(20,21)13-6-2-1-3-7-13/h1-9,12H,10-11H2,(H,18,19). The van der Waals surface area contributed by atoms with E-state index in [1.807, 2.05) is 0 Å². The first-order valence-corrected chi connectivity index (χ1v) is 8.32.